The standard InChI is InChI=1S/C26H17N3O6S/c30-24(27-17-4-8-20(9-5-17)36-21-10-6-18(7-11-21)29(33)34)16-3-12-22-23(14-16)26(32)28(25(22)31)15-19-2-1-13-35-19/h1-14H,15H2,(H,27,30). The number of fused-ring (bicyclic) bond motifs is 1. The molecule has 2 heterocycles. The average molecular weight is 500 g/mol. The van der Waals surface area contributed by atoms with Crippen LogP contribution in [0.15, 0.2) is 99.3 Å². The Morgan fingerprint density at radius 2 is 1.58 bits per heavy atom. The molecular formula is C26H17N3O6S. The summed E-state index contributed by atoms with van der Waals surface area (Å²) in [4.78, 5) is 51.4. The number of non-ortho nitro benzene ring substituents is 1. The second-order valence-electron chi connectivity index (χ2n) is 7.87. The van der Waals surface area contributed by atoms with Gasteiger partial charge in [0.15, 0.2) is 0 Å². The highest BCUT2D eigenvalue weighted by atomic mass is 32.2. The number of rotatable bonds is 7. The maximum atomic E-state index is 12.8. The Labute approximate surface area is 208 Å². The highest BCUT2D eigenvalue weighted by Gasteiger charge is 2.36. The van der Waals surface area contributed by atoms with Gasteiger partial charge >= 0.3 is 0 Å². The molecule has 3 aromatic carbocycles. The SMILES string of the molecule is O=C(Nc1ccc(Sc2ccc([N+](=O)[O-])cc2)cc1)c1ccc2c(c1)C(=O)N(Cc1ccco1)C2=O. The van der Waals surface area contributed by atoms with Crippen molar-refractivity contribution >= 4 is 40.9 Å². The van der Waals surface area contributed by atoms with Crippen LogP contribution in [-0.2, 0) is 6.54 Å². The summed E-state index contributed by atoms with van der Waals surface area (Å²) in [7, 11) is 0. The summed E-state index contributed by atoms with van der Waals surface area (Å²) >= 11 is 1.43. The number of carbonyl (C=O) groups is 3. The van der Waals surface area contributed by atoms with E-state index in [1.807, 2.05) is 12.1 Å². The van der Waals surface area contributed by atoms with Crippen molar-refractivity contribution in [3.63, 3.8) is 0 Å². The van der Waals surface area contributed by atoms with Gasteiger partial charge in [-0.2, -0.15) is 0 Å². The van der Waals surface area contributed by atoms with E-state index in [0.717, 1.165) is 14.7 Å². The highest BCUT2D eigenvalue weighted by Crippen LogP contribution is 2.30. The van der Waals surface area contributed by atoms with Gasteiger partial charge in [-0.15, -0.1) is 0 Å². The molecule has 3 amide bonds. The fraction of sp³-hybridized carbons (Fsp3) is 0.0385. The van der Waals surface area contributed by atoms with Crippen LogP contribution in [0.3, 0.4) is 0 Å². The molecule has 178 valence electrons. The number of imide groups is 1. The minimum atomic E-state index is -0.478. The smallest absolute Gasteiger partial charge is 0.269 e. The number of hydrogen-bond donors (Lipinski definition) is 1. The number of amides is 3. The summed E-state index contributed by atoms with van der Waals surface area (Å²) in [6, 6.07) is 21.1. The normalized spacial score (nSPS) is 12.5. The van der Waals surface area contributed by atoms with Crippen LogP contribution in [-0.4, -0.2) is 27.5 Å². The molecule has 0 aliphatic carbocycles. The molecule has 9 nitrogen and oxygen atoms in total. The van der Waals surface area contributed by atoms with E-state index in [4.69, 9.17) is 4.42 Å². The van der Waals surface area contributed by atoms with Crippen LogP contribution in [0.25, 0.3) is 0 Å². The van der Waals surface area contributed by atoms with Crippen molar-refractivity contribution in [3.05, 3.63) is 118 Å². The van der Waals surface area contributed by atoms with Gasteiger partial charge in [-0.05, 0) is 66.7 Å². The number of nitrogens with one attached hydrogen (secondary N) is 1. The molecule has 1 N–H and O–H groups in total. The van der Waals surface area contributed by atoms with Crippen LogP contribution in [0.2, 0.25) is 0 Å². The number of hydrogen-bond acceptors (Lipinski definition) is 7. The molecule has 1 aliphatic heterocycles. The van der Waals surface area contributed by atoms with E-state index < -0.39 is 22.6 Å². The first-order valence-electron chi connectivity index (χ1n) is 10.8. The second-order valence-corrected chi connectivity index (χ2v) is 9.01. The Kier molecular flexibility index (Phi) is 6.09. The van der Waals surface area contributed by atoms with Gasteiger partial charge in [0.05, 0.1) is 28.9 Å². The van der Waals surface area contributed by atoms with E-state index in [-0.39, 0.29) is 28.9 Å². The average Bonchev–Trinajstić information content (AvgIpc) is 3.48. The minimum Gasteiger partial charge on any atom is -0.467 e. The molecule has 0 saturated carbocycles. The van der Waals surface area contributed by atoms with E-state index in [0.29, 0.717) is 11.4 Å². The van der Waals surface area contributed by atoms with Crippen LogP contribution in [0.5, 0.6) is 0 Å². The zero-order valence-corrected chi connectivity index (χ0v) is 19.4. The topological polar surface area (TPSA) is 123 Å². The number of furan rings is 1. The molecule has 0 spiro atoms. The summed E-state index contributed by atoms with van der Waals surface area (Å²) in [6.45, 7) is 0.0190. The van der Waals surface area contributed by atoms with Gasteiger partial charge in [-0.1, -0.05) is 11.8 Å². The van der Waals surface area contributed by atoms with Gasteiger partial charge in [0.1, 0.15) is 5.76 Å². The summed E-state index contributed by atoms with van der Waals surface area (Å²) in [5, 5.41) is 13.6. The zero-order chi connectivity index (χ0) is 25.2. The summed E-state index contributed by atoms with van der Waals surface area (Å²) in [5.41, 5.74) is 1.25. The zero-order valence-electron chi connectivity index (χ0n) is 18.5. The van der Waals surface area contributed by atoms with E-state index in [9.17, 15) is 24.5 Å². The third kappa shape index (κ3) is 4.62. The molecule has 0 unspecified atom stereocenters. The third-order valence-electron chi connectivity index (χ3n) is 5.52. The molecule has 36 heavy (non-hydrogen) atoms. The monoisotopic (exact) mass is 499 g/mol. The summed E-state index contributed by atoms with van der Waals surface area (Å²) in [6.07, 6.45) is 1.47. The largest absolute Gasteiger partial charge is 0.467 e. The lowest BCUT2D eigenvalue weighted by atomic mass is 10.1. The van der Waals surface area contributed by atoms with E-state index in [2.05, 4.69) is 5.32 Å². The molecule has 0 atom stereocenters. The number of carbonyl (C=O) groups excluding carboxylic acids is 3. The van der Waals surface area contributed by atoms with Crippen molar-refractivity contribution in [2.45, 2.75) is 16.3 Å². The minimum absolute atomic E-state index is 0.0190. The van der Waals surface area contributed by atoms with Crippen molar-refractivity contribution < 1.29 is 23.7 Å². The number of nitro groups is 1. The molecule has 5 rings (SSSR count). The summed E-state index contributed by atoms with van der Waals surface area (Å²) in [5.74, 6) is -0.843. The Morgan fingerprint density at radius 3 is 2.22 bits per heavy atom. The van der Waals surface area contributed by atoms with Gasteiger partial charge in [0, 0.05) is 33.2 Å². The van der Waals surface area contributed by atoms with Crippen molar-refractivity contribution in [1.29, 1.82) is 0 Å². The number of nitro benzene ring substituents is 1. The lowest BCUT2D eigenvalue weighted by molar-refractivity contribution is -0.384. The fourth-order valence-electron chi connectivity index (χ4n) is 3.72. The van der Waals surface area contributed by atoms with Gasteiger partial charge in [0.25, 0.3) is 23.4 Å². The molecule has 1 aliphatic rings. The fourth-order valence-corrected chi connectivity index (χ4v) is 4.53. The maximum absolute atomic E-state index is 12.8. The molecule has 1 aromatic heterocycles. The van der Waals surface area contributed by atoms with Crippen molar-refractivity contribution in [2.75, 3.05) is 5.32 Å². The molecule has 0 radical (unpaired) electrons. The maximum Gasteiger partial charge on any atom is 0.269 e. The Bertz CT molecular complexity index is 1480. The molecule has 0 bridgehead atoms. The van der Waals surface area contributed by atoms with Crippen LogP contribution >= 0.6 is 11.8 Å². The van der Waals surface area contributed by atoms with Crippen LogP contribution in [0.4, 0.5) is 11.4 Å². The van der Waals surface area contributed by atoms with Gasteiger partial charge in [-0.25, -0.2) is 0 Å². The first-order valence-corrected chi connectivity index (χ1v) is 11.6. The van der Waals surface area contributed by atoms with Crippen LogP contribution < -0.4 is 5.32 Å². The molecule has 0 fully saturated rings. The van der Waals surface area contributed by atoms with Gasteiger partial charge < -0.3 is 9.73 Å². The lowest BCUT2D eigenvalue weighted by Crippen LogP contribution is -2.28. The third-order valence-corrected chi connectivity index (χ3v) is 6.54. The van der Waals surface area contributed by atoms with Crippen molar-refractivity contribution in [3.8, 4) is 0 Å². The van der Waals surface area contributed by atoms with Gasteiger partial charge in [0.2, 0.25) is 0 Å². The Balaban J connectivity index is 1.25. The van der Waals surface area contributed by atoms with E-state index in [1.54, 1.807) is 36.4 Å². The highest BCUT2D eigenvalue weighted by molar-refractivity contribution is 7.99. The first-order chi connectivity index (χ1) is 17.4. The quantitative estimate of drug-likeness (QED) is 0.205. The molecular weight excluding hydrogens is 482 g/mol. The first kappa shape index (κ1) is 23.1. The van der Waals surface area contributed by atoms with Crippen LogP contribution in [0.1, 0.15) is 36.8 Å². The predicted octanol–water partition coefficient (Wildman–Crippen LogP) is 5.39. The van der Waals surface area contributed by atoms with Crippen LogP contribution in [0, 0.1) is 10.1 Å². The van der Waals surface area contributed by atoms with E-state index >= 15 is 0 Å². The second kappa shape index (κ2) is 9.51. The number of nitrogens with zero attached hydrogens (tertiary/aromatic N) is 2. The van der Waals surface area contributed by atoms with E-state index in [1.165, 1.54) is 48.4 Å². The Morgan fingerprint density at radius 1 is 0.917 bits per heavy atom. The predicted molar refractivity (Wildman–Crippen MR) is 131 cm³/mol. The van der Waals surface area contributed by atoms with Gasteiger partial charge in [-0.3, -0.25) is 29.4 Å². The number of anilines is 1. The lowest BCUT2D eigenvalue weighted by Gasteiger charge is -2.11. The molecule has 10 heteroatoms. The van der Waals surface area contributed by atoms with Crippen molar-refractivity contribution in [2.24, 2.45) is 0 Å². The molecule has 0 saturated heterocycles. The van der Waals surface area contributed by atoms with Crippen molar-refractivity contribution in [1.82, 2.24) is 4.90 Å². The molecule has 4 aromatic rings. The Hall–Kier alpha value is -4.70. The summed E-state index contributed by atoms with van der Waals surface area (Å²) < 4.78 is 5.24. The number of benzene rings is 3.